The summed E-state index contributed by atoms with van der Waals surface area (Å²) in [6.45, 7) is 3.63. The third-order valence-corrected chi connectivity index (χ3v) is 5.18. The number of Topliss-reactive ketones (excluding diaryl/α,β-unsaturated/α-hetero) is 1. The summed E-state index contributed by atoms with van der Waals surface area (Å²) in [5.74, 6) is -1.62. The van der Waals surface area contributed by atoms with E-state index in [4.69, 9.17) is 9.47 Å². The van der Waals surface area contributed by atoms with E-state index in [1.165, 1.54) is 7.11 Å². The number of ketones is 1. The Balaban J connectivity index is 2.00. The van der Waals surface area contributed by atoms with Crippen molar-refractivity contribution in [3.05, 3.63) is 35.9 Å². The van der Waals surface area contributed by atoms with E-state index in [2.05, 4.69) is 10.6 Å². The number of benzene rings is 1. The molecule has 1 aliphatic rings. The molecule has 0 saturated heterocycles. The first kappa shape index (κ1) is 23.4. The van der Waals surface area contributed by atoms with Crippen LogP contribution in [0.1, 0.15) is 45.1 Å². The van der Waals surface area contributed by atoms with Crippen molar-refractivity contribution in [2.75, 3.05) is 7.11 Å². The van der Waals surface area contributed by atoms with Crippen LogP contribution in [-0.4, -0.2) is 42.9 Å². The highest BCUT2D eigenvalue weighted by atomic mass is 16.5. The molecular weight excluding hydrogens is 388 g/mol. The number of carbonyl (C=O) groups is 4. The lowest BCUT2D eigenvalue weighted by Crippen LogP contribution is -2.56. The molecule has 1 aromatic rings. The first-order chi connectivity index (χ1) is 14.3. The maximum absolute atomic E-state index is 12.9. The summed E-state index contributed by atoms with van der Waals surface area (Å²) in [4.78, 5) is 49.2. The molecular formula is C22H30N2O6. The van der Waals surface area contributed by atoms with Crippen molar-refractivity contribution in [3.8, 4) is 0 Å². The Labute approximate surface area is 176 Å². The van der Waals surface area contributed by atoms with E-state index in [1.54, 1.807) is 13.8 Å². The topological polar surface area (TPSA) is 111 Å². The molecule has 164 valence electrons. The van der Waals surface area contributed by atoms with Crippen LogP contribution < -0.4 is 10.6 Å². The van der Waals surface area contributed by atoms with Crippen molar-refractivity contribution in [1.29, 1.82) is 0 Å². The number of ether oxygens (including phenoxy) is 2. The van der Waals surface area contributed by atoms with Crippen molar-refractivity contribution in [2.24, 2.45) is 11.8 Å². The van der Waals surface area contributed by atoms with Gasteiger partial charge in [-0.3, -0.25) is 9.59 Å². The smallest absolute Gasteiger partial charge is 0.408 e. The number of methoxy groups -OCH3 is 1. The lowest BCUT2D eigenvalue weighted by molar-refractivity contribution is -0.147. The van der Waals surface area contributed by atoms with Crippen molar-refractivity contribution in [2.45, 2.75) is 58.2 Å². The van der Waals surface area contributed by atoms with Crippen LogP contribution in [0.5, 0.6) is 0 Å². The highest BCUT2D eigenvalue weighted by Crippen LogP contribution is 2.25. The third-order valence-electron chi connectivity index (χ3n) is 5.18. The van der Waals surface area contributed by atoms with Crippen molar-refractivity contribution in [3.63, 3.8) is 0 Å². The fourth-order valence-corrected chi connectivity index (χ4v) is 3.51. The summed E-state index contributed by atoms with van der Waals surface area (Å²) >= 11 is 0. The lowest BCUT2D eigenvalue weighted by atomic mass is 9.83. The van der Waals surface area contributed by atoms with Gasteiger partial charge in [0.15, 0.2) is 0 Å². The molecule has 0 spiro atoms. The molecule has 1 fully saturated rings. The molecule has 1 aromatic carbocycles. The molecule has 2 N–H and O–H groups in total. The van der Waals surface area contributed by atoms with Gasteiger partial charge < -0.3 is 20.1 Å². The molecule has 0 aromatic heterocycles. The standard InChI is InChI=1S/C22H30N2O6/c1-14(2)18(24-22(28)30-13-15-8-5-4-6-9-15)20(26)23-19(21(27)29-3)16-10-7-11-17(25)12-16/h4-6,8-9,14,16,18-19H,7,10-13H2,1-3H3,(H,23,26)(H,24,28)/t16-,18-,19-/m0/s1. The summed E-state index contributed by atoms with van der Waals surface area (Å²) in [5, 5.41) is 5.25. The zero-order valence-electron chi connectivity index (χ0n) is 17.7. The summed E-state index contributed by atoms with van der Waals surface area (Å²) in [6.07, 6.45) is 1.30. The summed E-state index contributed by atoms with van der Waals surface area (Å²) in [7, 11) is 1.24. The Morgan fingerprint density at radius 2 is 1.83 bits per heavy atom. The van der Waals surface area contributed by atoms with Gasteiger partial charge in [-0.15, -0.1) is 0 Å². The molecule has 0 aliphatic heterocycles. The van der Waals surface area contributed by atoms with Crippen LogP contribution in [0.4, 0.5) is 4.79 Å². The van der Waals surface area contributed by atoms with E-state index in [9.17, 15) is 19.2 Å². The Morgan fingerprint density at radius 3 is 2.43 bits per heavy atom. The van der Waals surface area contributed by atoms with E-state index in [0.717, 1.165) is 5.56 Å². The number of hydrogen-bond acceptors (Lipinski definition) is 6. The number of carbonyl (C=O) groups excluding carboxylic acids is 4. The van der Waals surface area contributed by atoms with Gasteiger partial charge >= 0.3 is 12.1 Å². The van der Waals surface area contributed by atoms with Gasteiger partial charge in [-0.25, -0.2) is 9.59 Å². The van der Waals surface area contributed by atoms with Gasteiger partial charge in [0.2, 0.25) is 5.91 Å². The van der Waals surface area contributed by atoms with Gasteiger partial charge in [0.25, 0.3) is 0 Å². The lowest BCUT2D eigenvalue weighted by Gasteiger charge is -2.30. The summed E-state index contributed by atoms with van der Waals surface area (Å²) < 4.78 is 10.0. The van der Waals surface area contributed by atoms with E-state index >= 15 is 0 Å². The largest absolute Gasteiger partial charge is 0.467 e. The Hall–Kier alpha value is -2.90. The van der Waals surface area contributed by atoms with E-state index < -0.39 is 30.1 Å². The predicted molar refractivity (Wildman–Crippen MR) is 109 cm³/mol. The van der Waals surface area contributed by atoms with E-state index in [-0.39, 0.29) is 30.6 Å². The van der Waals surface area contributed by atoms with Crippen LogP contribution >= 0.6 is 0 Å². The number of nitrogens with one attached hydrogen (secondary N) is 2. The van der Waals surface area contributed by atoms with E-state index in [1.807, 2.05) is 30.3 Å². The van der Waals surface area contributed by atoms with Crippen molar-refractivity contribution in [1.82, 2.24) is 10.6 Å². The minimum atomic E-state index is -0.935. The molecule has 0 heterocycles. The number of hydrogen-bond donors (Lipinski definition) is 2. The van der Waals surface area contributed by atoms with Gasteiger partial charge in [-0.1, -0.05) is 44.2 Å². The maximum atomic E-state index is 12.9. The van der Waals surface area contributed by atoms with Gasteiger partial charge in [0.1, 0.15) is 24.5 Å². The quantitative estimate of drug-likeness (QED) is 0.627. The van der Waals surface area contributed by atoms with Gasteiger partial charge in [0, 0.05) is 12.8 Å². The Bertz CT molecular complexity index is 749. The van der Waals surface area contributed by atoms with Gasteiger partial charge in [-0.2, -0.15) is 0 Å². The SMILES string of the molecule is COC(=O)[C@@H](NC(=O)[C@@H](NC(=O)OCc1ccccc1)C(C)C)[C@H]1CCCC(=O)C1. The van der Waals surface area contributed by atoms with Crippen LogP contribution in [0.3, 0.4) is 0 Å². The second-order valence-corrected chi connectivity index (χ2v) is 7.83. The average molecular weight is 418 g/mol. The van der Waals surface area contributed by atoms with Crippen LogP contribution in [0, 0.1) is 11.8 Å². The molecule has 0 bridgehead atoms. The molecule has 0 radical (unpaired) electrons. The molecule has 2 rings (SSSR count). The second-order valence-electron chi connectivity index (χ2n) is 7.83. The Morgan fingerprint density at radius 1 is 1.13 bits per heavy atom. The van der Waals surface area contributed by atoms with Crippen molar-refractivity contribution >= 4 is 23.8 Å². The predicted octanol–water partition coefficient (Wildman–Crippen LogP) is 2.35. The fraction of sp³-hybridized carbons (Fsp3) is 0.545. The summed E-state index contributed by atoms with van der Waals surface area (Å²) in [6, 6.07) is 7.35. The Kier molecular flexibility index (Phi) is 8.83. The fourth-order valence-electron chi connectivity index (χ4n) is 3.51. The number of esters is 1. The number of rotatable bonds is 8. The zero-order valence-corrected chi connectivity index (χ0v) is 17.7. The van der Waals surface area contributed by atoms with Crippen LogP contribution in [0.25, 0.3) is 0 Å². The van der Waals surface area contributed by atoms with Crippen LogP contribution in [-0.2, 0) is 30.5 Å². The molecule has 1 saturated carbocycles. The number of alkyl carbamates (subject to hydrolysis) is 1. The van der Waals surface area contributed by atoms with Gasteiger partial charge in [0.05, 0.1) is 7.11 Å². The number of amides is 2. The maximum Gasteiger partial charge on any atom is 0.408 e. The molecule has 2 amide bonds. The third kappa shape index (κ3) is 6.86. The molecule has 3 atom stereocenters. The van der Waals surface area contributed by atoms with Crippen LogP contribution in [0.15, 0.2) is 30.3 Å². The summed E-state index contributed by atoms with van der Waals surface area (Å²) in [5.41, 5.74) is 0.825. The molecule has 1 aliphatic carbocycles. The highest BCUT2D eigenvalue weighted by molar-refractivity contribution is 5.90. The minimum Gasteiger partial charge on any atom is -0.467 e. The second kappa shape index (κ2) is 11.3. The average Bonchev–Trinajstić information content (AvgIpc) is 2.74. The first-order valence-corrected chi connectivity index (χ1v) is 10.2. The zero-order chi connectivity index (χ0) is 22.1. The van der Waals surface area contributed by atoms with Crippen molar-refractivity contribution < 1.29 is 28.7 Å². The molecule has 8 heteroatoms. The molecule has 8 nitrogen and oxygen atoms in total. The van der Waals surface area contributed by atoms with Crippen LogP contribution in [0.2, 0.25) is 0 Å². The molecule has 30 heavy (non-hydrogen) atoms. The molecule has 0 unspecified atom stereocenters. The monoisotopic (exact) mass is 418 g/mol. The van der Waals surface area contributed by atoms with E-state index in [0.29, 0.717) is 19.3 Å². The van der Waals surface area contributed by atoms with Gasteiger partial charge in [-0.05, 0) is 30.2 Å². The first-order valence-electron chi connectivity index (χ1n) is 10.2. The highest BCUT2D eigenvalue weighted by Gasteiger charge is 2.36. The normalized spacial score (nSPS) is 18.3. The minimum absolute atomic E-state index is 0.0671.